The van der Waals surface area contributed by atoms with Gasteiger partial charge < -0.3 is 10.4 Å². The summed E-state index contributed by atoms with van der Waals surface area (Å²) in [6.45, 7) is 2.03. The van der Waals surface area contributed by atoms with Crippen LogP contribution in [0.15, 0.2) is 30.3 Å². The molecule has 17 heavy (non-hydrogen) atoms. The SMILES string of the molecule is CC1CCCCC1(Nc1ccccc1)C(=O)O. The van der Waals surface area contributed by atoms with E-state index in [0.717, 1.165) is 24.9 Å². The van der Waals surface area contributed by atoms with E-state index in [9.17, 15) is 9.90 Å². The summed E-state index contributed by atoms with van der Waals surface area (Å²) in [5.74, 6) is -0.567. The van der Waals surface area contributed by atoms with Crippen molar-refractivity contribution in [2.45, 2.75) is 38.1 Å². The van der Waals surface area contributed by atoms with Gasteiger partial charge >= 0.3 is 5.97 Å². The number of benzene rings is 1. The van der Waals surface area contributed by atoms with Crippen molar-refractivity contribution < 1.29 is 9.90 Å². The Morgan fingerprint density at radius 1 is 1.35 bits per heavy atom. The summed E-state index contributed by atoms with van der Waals surface area (Å²) in [7, 11) is 0. The minimum atomic E-state index is -0.792. The molecule has 2 rings (SSSR count). The second-order valence-corrected chi connectivity index (χ2v) is 4.91. The van der Waals surface area contributed by atoms with Crippen LogP contribution in [0.3, 0.4) is 0 Å². The third kappa shape index (κ3) is 2.28. The van der Waals surface area contributed by atoms with E-state index in [1.165, 1.54) is 0 Å². The maximum atomic E-state index is 11.6. The van der Waals surface area contributed by atoms with Crippen molar-refractivity contribution in [1.82, 2.24) is 0 Å². The van der Waals surface area contributed by atoms with Gasteiger partial charge in [-0.3, -0.25) is 0 Å². The molecule has 3 nitrogen and oxygen atoms in total. The lowest BCUT2D eigenvalue weighted by molar-refractivity contribution is -0.145. The van der Waals surface area contributed by atoms with Crippen LogP contribution < -0.4 is 5.32 Å². The van der Waals surface area contributed by atoms with Gasteiger partial charge in [0.15, 0.2) is 0 Å². The maximum Gasteiger partial charge on any atom is 0.329 e. The standard InChI is InChI=1S/C14H19NO2/c1-11-7-5-6-10-14(11,13(16)17)15-12-8-3-2-4-9-12/h2-4,8-9,11,15H,5-7,10H2,1H3,(H,16,17). The van der Waals surface area contributed by atoms with E-state index in [2.05, 4.69) is 5.32 Å². The normalized spacial score (nSPS) is 28.6. The lowest BCUT2D eigenvalue weighted by Gasteiger charge is -2.40. The average molecular weight is 233 g/mol. The van der Waals surface area contributed by atoms with Gasteiger partial charge in [0.25, 0.3) is 0 Å². The molecule has 0 bridgehead atoms. The lowest BCUT2D eigenvalue weighted by Crippen LogP contribution is -2.53. The molecular formula is C14H19NO2. The van der Waals surface area contributed by atoms with Gasteiger partial charge in [0.2, 0.25) is 0 Å². The fourth-order valence-electron chi connectivity index (χ4n) is 2.68. The van der Waals surface area contributed by atoms with Crippen LogP contribution in [0.2, 0.25) is 0 Å². The first-order valence-electron chi connectivity index (χ1n) is 6.22. The summed E-state index contributed by atoms with van der Waals surface area (Å²) >= 11 is 0. The van der Waals surface area contributed by atoms with Crippen molar-refractivity contribution in [2.24, 2.45) is 5.92 Å². The van der Waals surface area contributed by atoms with Crippen LogP contribution in [0.1, 0.15) is 32.6 Å². The zero-order valence-electron chi connectivity index (χ0n) is 10.1. The number of carboxylic acids is 1. The van der Waals surface area contributed by atoms with Gasteiger partial charge in [-0.1, -0.05) is 38.0 Å². The molecule has 1 fully saturated rings. The Balaban J connectivity index is 2.25. The predicted molar refractivity (Wildman–Crippen MR) is 68.1 cm³/mol. The Morgan fingerprint density at radius 2 is 2.06 bits per heavy atom. The molecule has 0 spiro atoms. The minimum Gasteiger partial charge on any atom is -0.479 e. The second-order valence-electron chi connectivity index (χ2n) is 4.91. The molecule has 1 aromatic rings. The molecule has 0 radical (unpaired) electrons. The summed E-state index contributed by atoms with van der Waals surface area (Å²) in [6, 6.07) is 9.62. The molecule has 0 aromatic heterocycles. The number of nitrogens with one attached hydrogen (secondary N) is 1. The third-order valence-corrected chi connectivity index (χ3v) is 3.82. The largest absolute Gasteiger partial charge is 0.479 e. The third-order valence-electron chi connectivity index (χ3n) is 3.82. The lowest BCUT2D eigenvalue weighted by atomic mass is 9.73. The monoisotopic (exact) mass is 233 g/mol. The highest BCUT2D eigenvalue weighted by atomic mass is 16.4. The number of carboxylic acid groups (broad SMARTS) is 1. The van der Waals surface area contributed by atoms with Gasteiger partial charge in [0, 0.05) is 5.69 Å². The van der Waals surface area contributed by atoms with E-state index in [0.29, 0.717) is 6.42 Å². The molecule has 2 atom stereocenters. The van der Waals surface area contributed by atoms with Crippen LogP contribution in [0.5, 0.6) is 0 Å². The number of aliphatic carboxylic acids is 1. The number of hydrogen-bond acceptors (Lipinski definition) is 2. The summed E-state index contributed by atoms with van der Waals surface area (Å²) in [5, 5.41) is 12.8. The van der Waals surface area contributed by atoms with E-state index in [-0.39, 0.29) is 5.92 Å². The number of hydrogen-bond donors (Lipinski definition) is 2. The molecular weight excluding hydrogens is 214 g/mol. The van der Waals surface area contributed by atoms with Crippen molar-refractivity contribution in [3.8, 4) is 0 Å². The first kappa shape index (κ1) is 12.0. The molecule has 0 heterocycles. The number of para-hydroxylation sites is 1. The first-order valence-corrected chi connectivity index (χ1v) is 6.22. The van der Waals surface area contributed by atoms with Gasteiger partial charge in [-0.15, -0.1) is 0 Å². The number of anilines is 1. The minimum absolute atomic E-state index is 0.161. The predicted octanol–water partition coefficient (Wildman–Crippen LogP) is 3.13. The quantitative estimate of drug-likeness (QED) is 0.843. The van der Waals surface area contributed by atoms with Gasteiger partial charge in [0.1, 0.15) is 5.54 Å². The number of rotatable bonds is 3. The van der Waals surface area contributed by atoms with Crippen LogP contribution >= 0.6 is 0 Å². The zero-order chi connectivity index (χ0) is 12.3. The van der Waals surface area contributed by atoms with Crippen molar-refractivity contribution in [2.75, 3.05) is 5.32 Å². The van der Waals surface area contributed by atoms with Gasteiger partial charge in [-0.25, -0.2) is 4.79 Å². The topological polar surface area (TPSA) is 49.3 Å². The summed E-state index contributed by atoms with van der Waals surface area (Å²) in [4.78, 5) is 11.6. The highest BCUT2D eigenvalue weighted by Gasteiger charge is 2.45. The molecule has 92 valence electrons. The maximum absolute atomic E-state index is 11.6. The van der Waals surface area contributed by atoms with Gasteiger partial charge in [0.05, 0.1) is 0 Å². The molecule has 3 heteroatoms. The van der Waals surface area contributed by atoms with E-state index < -0.39 is 11.5 Å². The molecule has 1 aromatic carbocycles. The Morgan fingerprint density at radius 3 is 2.65 bits per heavy atom. The van der Waals surface area contributed by atoms with Crippen LogP contribution in [0, 0.1) is 5.92 Å². The Hall–Kier alpha value is -1.51. The number of carbonyl (C=O) groups is 1. The zero-order valence-corrected chi connectivity index (χ0v) is 10.1. The molecule has 2 unspecified atom stereocenters. The van der Waals surface area contributed by atoms with E-state index in [4.69, 9.17) is 0 Å². The Labute approximate surface area is 102 Å². The van der Waals surface area contributed by atoms with Crippen molar-refractivity contribution in [1.29, 1.82) is 0 Å². The highest BCUT2D eigenvalue weighted by Crippen LogP contribution is 2.36. The first-order chi connectivity index (χ1) is 8.15. The molecule has 1 aliphatic carbocycles. The van der Waals surface area contributed by atoms with E-state index in [1.54, 1.807) is 0 Å². The molecule has 1 saturated carbocycles. The Bertz CT molecular complexity index is 390. The van der Waals surface area contributed by atoms with Crippen molar-refractivity contribution in [3.05, 3.63) is 30.3 Å². The molecule has 0 amide bonds. The van der Waals surface area contributed by atoms with Crippen molar-refractivity contribution >= 4 is 11.7 Å². The molecule has 1 aliphatic rings. The van der Waals surface area contributed by atoms with Crippen molar-refractivity contribution in [3.63, 3.8) is 0 Å². The molecule has 0 saturated heterocycles. The van der Waals surface area contributed by atoms with Crippen LogP contribution in [-0.4, -0.2) is 16.6 Å². The van der Waals surface area contributed by atoms with E-state index in [1.807, 2.05) is 37.3 Å². The second kappa shape index (κ2) is 4.78. The van der Waals surface area contributed by atoms with Crippen LogP contribution in [0.4, 0.5) is 5.69 Å². The van der Waals surface area contributed by atoms with E-state index >= 15 is 0 Å². The molecule has 2 N–H and O–H groups in total. The molecule has 0 aliphatic heterocycles. The fourth-order valence-corrected chi connectivity index (χ4v) is 2.68. The smallest absolute Gasteiger partial charge is 0.329 e. The Kier molecular flexibility index (Phi) is 3.36. The summed E-state index contributed by atoms with van der Waals surface area (Å²) in [6.07, 6.45) is 3.80. The summed E-state index contributed by atoms with van der Waals surface area (Å²) < 4.78 is 0. The van der Waals surface area contributed by atoms with Crippen LogP contribution in [-0.2, 0) is 4.79 Å². The van der Waals surface area contributed by atoms with Crippen LogP contribution in [0.25, 0.3) is 0 Å². The average Bonchev–Trinajstić information content (AvgIpc) is 2.33. The highest BCUT2D eigenvalue weighted by molar-refractivity contribution is 5.83. The summed E-state index contributed by atoms with van der Waals surface area (Å²) in [5.41, 5.74) is 0.100. The van der Waals surface area contributed by atoms with Gasteiger partial charge in [-0.05, 0) is 30.9 Å². The van der Waals surface area contributed by atoms with Gasteiger partial charge in [-0.2, -0.15) is 0 Å². The fraction of sp³-hybridized carbons (Fsp3) is 0.500.